The van der Waals surface area contributed by atoms with E-state index in [0.717, 1.165) is 11.3 Å². The molecule has 0 unspecified atom stereocenters. The fraction of sp³-hybridized carbons (Fsp3) is 0.154. The Balaban J connectivity index is 1.96. The number of nitrogens with one attached hydrogen (secondary N) is 2. The second-order valence-corrected chi connectivity index (χ2v) is 7.50. The average molecular weight is 361 g/mol. The van der Waals surface area contributed by atoms with Gasteiger partial charge in [0.2, 0.25) is 5.91 Å². The standard InChI is InChI=1S/C13H13ClN2O4S2/c1-20-9-4-5-11(10(14)7-9)16-12(17)8-15-22(18,19)13-3-2-6-21-13/h2-7,15H,8H2,1H3,(H,16,17). The Morgan fingerprint density at radius 2 is 2.14 bits per heavy atom. The molecule has 0 saturated carbocycles. The maximum Gasteiger partial charge on any atom is 0.250 e. The van der Waals surface area contributed by atoms with Gasteiger partial charge in [-0.1, -0.05) is 17.7 Å². The first-order valence-corrected chi connectivity index (χ1v) is 8.83. The summed E-state index contributed by atoms with van der Waals surface area (Å²) in [6, 6.07) is 7.85. The Morgan fingerprint density at radius 1 is 1.36 bits per heavy atom. The summed E-state index contributed by atoms with van der Waals surface area (Å²) in [6.07, 6.45) is 0. The highest BCUT2D eigenvalue weighted by Gasteiger charge is 2.16. The van der Waals surface area contributed by atoms with Gasteiger partial charge in [0.25, 0.3) is 10.0 Å². The molecule has 0 aliphatic rings. The molecule has 2 rings (SSSR count). The van der Waals surface area contributed by atoms with Crippen molar-refractivity contribution < 1.29 is 17.9 Å². The summed E-state index contributed by atoms with van der Waals surface area (Å²) in [4.78, 5) is 11.8. The van der Waals surface area contributed by atoms with E-state index in [1.165, 1.54) is 13.2 Å². The fourth-order valence-corrected chi connectivity index (χ4v) is 3.80. The molecule has 0 bridgehead atoms. The quantitative estimate of drug-likeness (QED) is 0.828. The van der Waals surface area contributed by atoms with Crippen LogP contribution in [0.3, 0.4) is 0 Å². The van der Waals surface area contributed by atoms with Crippen molar-refractivity contribution in [1.82, 2.24) is 4.72 Å². The number of anilines is 1. The lowest BCUT2D eigenvalue weighted by Crippen LogP contribution is -2.32. The molecule has 2 N–H and O–H groups in total. The molecular formula is C13H13ClN2O4S2. The average Bonchev–Trinajstić information content (AvgIpc) is 3.02. The normalized spacial score (nSPS) is 11.2. The summed E-state index contributed by atoms with van der Waals surface area (Å²) in [7, 11) is -2.17. The van der Waals surface area contributed by atoms with E-state index in [2.05, 4.69) is 10.0 Å². The van der Waals surface area contributed by atoms with Crippen LogP contribution in [0.4, 0.5) is 5.69 Å². The van der Waals surface area contributed by atoms with Gasteiger partial charge in [0, 0.05) is 6.07 Å². The molecule has 0 radical (unpaired) electrons. The van der Waals surface area contributed by atoms with Crippen LogP contribution in [0.5, 0.6) is 5.75 Å². The van der Waals surface area contributed by atoms with E-state index in [4.69, 9.17) is 16.3 Å². The number of sulfonamides is 1. The largest absolute Gasteiger partial charge is 0.497 e. The number of carbonyl (C=O) groups is 1. The van der Waals surface area contributed by atoms with E-state index >= 15 is 0 Å². The van der Waals surface area contributed by atoms with Gasteiger partial charge in [-0.05, 0) is 23.6 Å². The van der Waals surface area contributed by atoms with Gasteiger partial charge in [-0.3, -0.25) is 4.79 Å². The molecule has 2 aromatic rings. The van der Waals surface area contributed by atoms with Crippen molar-refractivity contribution in [2.75, 3.05) is 19.0 Å². The second-order valence-electron chi connectivity index (χ2n) is 4.15. The van der Waals surface area contributed by atoms with Crippen LogP contribution < -0.4 is 14.8 Å². The van der Waals surface area contributed by atoms with Gasteiger partial charge in [0.1, 0.15) is 9.96 Å². The lowest BCUT2D eigenvalue weighted by Gasteiger charge is -2.09. The van der Waals surface area contributed by atoms with Crippen molar-refractivity contribution in [2.45, 2.75) is 4.21 Å². The van der Waals surface area contributed by atoms with Gasteiger partial charge in [-0.2, -0.15) is 0 Å². The van der Waals surface area contributed by atoms with E-state index in [1.54, 1.807) is 29.6 Å². The Hall–Kier alpha value is -1.61. The van der Waals surface area contributed by atoms with Crippen LogP contribution >= 0.6 is 22.9 Å². The monoisotopic (exact) mass is 360 g/mol. The van der Waals surface area contributed by atoms with Crippen LogP contribution in [0, 0.1) is 0 Å². The Labute approximate surface area is 137 Å². The number of thiophene rings is 1. The molecule has 1 heterocycles. The van der Waals surface area contributed by atoms with Gasteiger partial charge in [0.05, 0.1) is 24.4 Å². The summed E-state index contributed by atoms with van der Waals surface area (Å²) < 4.78 is 31.1. The van der Waals surface area contributed by atoms with Crippen molar-refractivity contribution in [3.8, 4) is 5.75 Å². The van der Waals surface area contributed by atoms with Crippen molar-refractivity contribution in [3.05, 3.63) is 40.7 Å². The lowest BCUT2D eigenvalue weighted by atomic mass is 10.3. The van der Waals surface area contributed by atoms with Gasteiger partial charge >= 0.3 is 0 Å². The third-order valence-electron chi connectivity index (χ3n) is 2.63. The molecule has 1 amide bonds. The third-order valence-corrected chi connectivity index (χ3v) is 5.74. The molecule has 1 aromatic heterocycles. The van der Waals surface area contributed by atoms with Crippen LogP contribution in [0.15, 0.2) is 39.9 Å². The first-order chi connectivity index (χ1) is 10.4. The maximum absolute atomic E-state index is 11.9. The zero-order chi connectivity index (χ0) is 16.2. The number of amides is 1. The highest BCUT2D eigenvalue weighted by Crippen LogP contribution is 2.26. The Kier molecular flexibility index (Phi) is 5.41. The molecule has 22 heavy (non-hydrogen) atoms. The van der Waals surface area contributed by atoms with Gasteiger partial charge in [-0.25, -0.2) is 13.1 Å². The zero-order valence-electron chi connectivity index (χ0n) is 11.5. The molecular weight excluding hydrogens is 348 g/mol. The molecule has 6 nitrogen and oxygen atoms in total. The molecule has 118 valence electrons. The molecule has 0 saturated heterocycles. The van der Waals surface area contributed by atoms with Crippen LogP contribution in [-0.2, 0) is 14.8 Å². The van der Waals surface area contributed by atoms with Crippen LogP contribution in [0.25, 0.3) is 0 Å². The van der Waals surface area contributed by atoms with Crippen molar-refractivity contribution in [1.29, 1.82) is 0 Å². The second kappa shape index (κ2) is 7.10. The number of halogens is 1. The number of hydrogen-bond acceptors (Lipinski definition) is 5. The highest BCUT2D eigenvalue weighted by atomic mass is 35.5. The number of methoxy groups -OCH3 is 1. The van der Waals surface area contributed by atoms with E-state index in [1.807, 2.05) is 0 Å². The summed E-state index contributed by atoms with van der Waals surface area (Å²) >= 11 is 7.07. The zero-order valence-corrected chi connectivity index (χ0v) is 13.9. The summed E-state index contributed by atoms with van der Waals surface area (Å²) in [5, 5.41) is 4.47. The number of ether oxygens (including phenoxy) is 1. The smallest absolute Gasteiger partial charge is 0.250 e. The lowest BCUT2D eigenvalue weighted by molar-refractivity contribution is -0.115. The Bertz CT molecular complexity index is 760. The third kappa shape index (κ3) is 4.20. The van der Waals surface area contributed by atoms with Crippen LogP contribution in [0.1, 0.15) is 0 Å². The topological polar surface area (TPSA) is 84.5 Å². The van der Waals surface area contributed by atoms with Gasteiger partial charge in [0.15, 0.2) is 0 Å². The van der Waals surface area contributed by atoms with E-state index < -0.39 is 15.9 Å². The first kappa shape index (κ1) is 16.8. The van der Waals surface area contributed by atoms with Crippen molar-refractivity contribution >= 4 is 44.6 Å². The molecule has 1 aromatic carbocycles. The summed E-state index contributed by atoms with van der Waals surface area (Å²) in [6.45, 7) is -0.386. The number of hydrogen-bond donors (Lipinski definition) is 2. The summed E-state index contributed by atoms with van der Waals surface area (Å²) in [5.41, 5.74) is 0.378. The number of benzene rings is 1. The van der Waals surface area contributed by atoms with E-state index in [-0.39, 0.29) is 10.8 Å². The molecule has 0 atom stereocenters. The summed E-state index contributed by atoms with van der Waals surface area (Å²) in [5.74, 6) is 0.0357. The predicted octanol–water partition coefficient (Wildman–Crippen LogP) is 2.33. The number of carbonyl (C=O) groups excluding carboxylic acids is 1. The minimum Gasteiger partial charge on any atom is -0.497 e. The number of rotatable bonds is 6. The van der Waals surface area contributed by atoms with Crippen molar-refractivity contribution in [3.63, 3.8) is 0 Å². The predicted molar refractivity (Wildman–Crippen MR) is 86.1 cm³/mol. The van der Waals surface area contributed by atoms with E-state index in [9.17, 15) is 13.2 Å². The molecule has 0 aliphatic heterocycles. The molecule has 0 aliphatic carbocycles. The van der Waals surface area contributed by atoms with Gasteiger partial charge in [-0.15, -0.1) is 11.3 Å². The highest BCUT2D eigenvalue weighted by molar-refractivity contribution is 7.91. The maximum atomic E-state index is 11.9. The SMILES string of the molecule is COc1ccc(NC(=O)CNS(=O)(=O)c2cccs2)c(Cl)c1. The van der Waals surface area contributed by atoms with Crippen LogP contribution in [0.2, 0.25) is 5.02 Å². The van der Waals surface area contributed by atoms with Crippen LogP contribution in [-0.4, -0.2) is 28.0 Å². The molecule has 9 heteroatoms. The van der Waals surface area contributed by atoms with Gasteiger partial charge < -0.3 is 10.1 Å². The minimum absolute atomic E-state index is 0.155. The first-order valence-electron chi connectivity index (χ1n) is 6.09. The minimum atomic E-state index is -3.67. The van der Waals surface area contributed by atoms with E-state index in [0.29, 0.717) is 16.5 Å². The Morgan fingerprint density at radius 3 is 2.73 bits per heavy atom. The fourth-order valence-electron chi connectivity index (χ4n) is 1.57. The molecule has 0 fully saturated rings. The molecule has 0 spiro atoms. The van der Waals surface area contributed by atoms with Crippen molar-refractivity contribution in [2.24, 2.45) is 0 Å².